The monoisotopic (exact) mass is 345 g/mol. The van der Waals surface area contributed by atoms with E-state index in [9.17, 15) is 19.8 Å². The van der Waals surface area contributed by atoms with Crippen molar-refractivity contribution < 1.29 is 36.9 Å². The van der Waals surface area contributed by atoms with Gasteiger partial charge in [0.25, 0.3) is 0 Å². The third kappa shape index (κ3) is 24.3. The molecule has 0 unspecified atom stereocenters. The maximum atomic E-state index is 10.8. The Hall–Kier alpha value is -1.06. The Morgan fingerprint density at radius 2 is 1.05 bits per heavy atom. The Bertz CT molecular complexity index is 332. The van der Waals surface area contributed by atoms with E-state index in [0.717, 1.165) is 12.2 Å². The average molecular weight is 346 g/mol. The van der Waals surface area contributed by atoms with E-state index in [2.05, 4.69) is 0 Å². The molecule has 0 aliphatic carbocycles. The van der Waals surface area contributed by atoms with Crippen LogP contribution in [0.25, 0.3) is 0 Å². The number of hydrogen-bond acceptors (Lipinski definition) is 4. The minimum atomic E-state index is -0.161. The van der Waals surface area contributed by atoms with Gasteiger partial charge in [0.05, 0.1) is 0 Å². The molecule has 21 heavy (non-hydrogen) atoms. The molecule has 0 bridgehead atoms. The second-order valence-corrected chi connectivity index (χ2v) is 5.64. The molecule has 0 saturated carbocycles. The molecule has 0 saturated heterocycles. The Labute approximate surface area is 138 Å². The molecule has 0 aliphatic heterocycles. The normalized spacial score (nSPS) is 11.6. The summed E-state index contributed by atoms with van der Waals surface area (Å²) in [6, 6.07) is 0. The van der Waals surface area contributed by atoms with Crippen molar-refractivity contribution in [2.75, 3.05) is 0 Å². The second-order valence-electron chi connectivity index (χ2n) is 5.64. The molecule has 0 fully saturated rings. The van der Waals surface area contributed by atoms with Crippen LogP contribution >= 0.6 is 0 Å². The Balaban J connectivity index is -0.000000295. The molecule has 0 rings (SSSR count). The first-order valence-electron chi connectivity index (χ1n) is 6.80. The number of hydrogen-bond donors (Lipinski definition) is 0. The van der Waals surface area contributed by atoms with Crippen LogP contribution in [0.1, 0.15) is 54.4 Å². The zero-order valence-corrected chi connectivity index (χ0v) is 14.6. The van der Waals surface area contributed by atoms with Crippen LogP contribution in [-0.4, -0.2) is 11.6 Å². The fraction of sp³-hybridized carbons (Fsp3) is 0.625. The molecule has 0 heterocycles. The topological polar surface area (TPSA) is 80.3 Å². The fourth-order valence-electron chi connectivity index (χ4n) is 1.38. The quantitative estimate of drug-likeness (QED) is 0.417. The summed E-state index contributed by atoms with van der Waals surface area (Å²) in [4.78, 5) is 20.7. The number of rotatable bonds is 6. The van der Waals surface area contributed by atoms with Gasteiger partial charge in [0.1, 0.15) is 0 Å². The largest absolute Gasteiger partial charge is 2.00 e. The first kappa shape index (κ1) is 24.9. The zero-order valence-electron chi connectivity index (χ0n) is 13.7. The van der Waals surface area contributed by atoms with Crippen LogP contribution in [0.4, 0.5) is 0 Å². The standard InChI is InChI=1S/2C8H14O2.Cu/c2*1-6(2)4-8(10)5-7(3)9;/h2*5-6,10H,4H2,1-3H3;/q;;+2/p-2/b2*8-5-;. The van der Waals surface area contributed by atoms with Crippen molar-refractivity contribution in [1.82, 2.24) is 0 Å². The fourth-order valence-corrected chi connectivity index (χ4v) is 1.38. The van der Waals surface area contributed by atoms with Crippen LogP contribution in [0.5, 0.6) is 0 Å². The molecule has 0 aromatic rings. The molecular weight excluding hydrogens is 320 g/mol. The van der Waals surface area contributed by atoms with Crippen molar-refractivity contribution >= 4 is 11.6 Å². The van der Waals surface area contributed by atoms with Crippen molar-refractivity contribution in [3.05, 3.63) is 23.7 Å². The van der Waals surface area contributed by atoms with E-state index in [4.69, 9.17) is 0 Å². The summed E-state index contributed by atoms with van der Waals surface area (Å²) in [5.41, 5.74) is 0. The number of carbonyl (C=O) groups excluding carboxylic acids is 2. The van der Waals surface area contributed by atoms with Crippen molar-refractivity contribution in [2.45, 2.75) is 54.4 Å². The van der Waals surface area contributed by atoms with Gasteiger partial charge in [0, 0.05) is 0 Å². The SMILES string of the molecule is CC(=O)/C=C(\[O-])CC(C)C.CC(=O)/C=C(\[O-])CC(C)C.[Cu+2]. The Morgan fingerprint density at radius 1 is 0.810 bits per heavy atom. The average Bonchev–Trinajstić information content (AvgIpc) is 2.11. The minimum absolute atomic E-state index is 0. The molecule has 1 radical (unpaired) electrons. The van der Waals surface area contributed by atoms with Gasteiger partial charge >= 0.3 is 17.1 Å². The molecule has 0 spiro atoms. The summed E-state index contributed by atoms with van der Waals surface area (Å²) in [5, 5.41) is 21.6. The molecule has 0 aromatic heterocycles. The summed E-state index contributed by atoms with van der Waals surface area (Å²) in [7, 11) is 0. The van der Waals surface area contributed by atoms with Crippen LogP contribution in [-0.2, 0) is 26.7 Å². The van der Waals surface area contributed by atoms with Gasteiger partial charge in [-0.15, -0.1) is 11.5 Å². The number of allylic oxidation sites excluding steroid dienone is 4. The molecule has 0 N–H and O–H groups in total. The van der Waals surface area contributed by atoms with Gasteiger partial charge in [0.2, 0.25) is 0 Å². The van der Waals surface area contributed by atoms with E-state index in [1.54, 1.807) is 0 Å². The van der Waals surface area contributed by atoms with E-state index >= 15 is 0 Å². The van der Waals surface area contributed by atoms with E-state index < -0.39 is 0 Å². The number of ketones is 2. The van der Waals surface area contributed by atoms with E-state index in [1.807, 2.05) is 27.7 Å². The third-order valence-corrected chi connectivity index (χ3v) is 1.95. The maximum Gasteiger partial charge on any atom is 2.00 e. The molecule has 5 heteroatoms. The van der Waals surface area contributed by atoms with Crippen LogP contribution in [0.2, 0.25) is 0 Å². The van der Waals surface area contributed by atoms with Gasteiger partial charge in [-0.3, -0.25) is 9.59 Å². The first-order valence-corrected chi connectivity index (χ1v) is 6.80. The van der Waals surface area contributed by atoms with Gasteiger partial charge in [-0.2, -0.15) is 0 Å². The van der Waals surface area contributed by atoms with Crippen molar-refractivity contribution in [2.24, 2.45) is 11.8 Å². The first-order chi connectivity index (χ1) is 9.04. The summed E-state index contributed by atoms with van der Waals surface area (Å²) in [6.45, 7) is 10.6. The summed E-state index contributed by atoms with van der Waals surface area (Å²) in [5.74, 6) is 0.215. The van der Waals surface area contributed by atoms with Gasteiger partial charge in [-0.25, -0.2) is 0 Å². The van der Waals surface area contributed by atoms with Gasteiger partial charge in [-0.05, 0) is 50.7 Å². The molecule has 0 atom stereocenters. The minimum Gasteiger partial charge on any atom is -0.875 e. The number of carbonyl (C=O) groups is 2. The van der Waals surface area contributed by atoms with Gasteiger partial charge in [-0.1, -0.05) is 27.7 Å². The van der Waals surface area contributed by atoms with Crippen molar-refractivity contribution in [3.63, 3.8) is 0 Å². The van der Waals surface area contributed by atoms with Crippen LogP contribution in [0.3, 0.4) is 0 Å². The Kier molecular flexibility index (Phi) is 16.5. The molecular formula is C16H26CuO4. The summed E-state index contributed by atoms with van der Waals surface area (Å²) < 4.78 is 0. The van der Waals surface area contributed by atoms with E-state index in [0.29, 0.717) is 24.7 Å². The third-order valence-electron chi connectivity index (χ3n) is 1.95. The maximum absolute atomic E-state index is 10.8. The Morgan fingerprint density at radius 3 is 1.19 bits per heavy atom. The second kappa shape index (κ2) is 13.9. The molecule has 0 aromatic carbocycles. The molecule has 0 amide bonds. The zero-order chi connectivity index (χ0) is 16.3. The predicted octanol–water partition coefficient (Wildman–Crippen LogP) is 1.73. The van der Waals surface area contributed by atoms with Gasteiger partial charge in [0.15, 0.2) is 11.6 Å². The predicted molar refractivity (Wildman–Crippen MR) is 76.4 cm³/mol. The van der Waals surface area contributed by atoms with Crippen LogP contribution < -0.4 is 10.2 Å². The van der Waals surface area contributed by atoms with Crippen molar-refractivity contribution in [3.8, 4) is 0 Å². The van der Waals surface area contributed by atoms with E-state index in [1.165, 1.54) is 13.8 Å². The summed E-state index contributed by atoms with van der Waals surface area (Å²) >= 11 is 0. The van der Waals surface area contributed by atoms with Crippen LogP contribution in [0.15, 0.2) is 23.7 Å². The van der Waals surface area contributed by atoms with Crippen LogP contribution in [0, 0.1) is 11.8 Å². The smallest absolute Gasteiger partial charge is 0.875 e. The molecule has 125 valence electrons. The molecule has 0 aliphatic rings. The summed E-state index contributed by atoms with van der Waals surface area (Å²) in [6.07, 6.45) is 3.25. The van der Waals surface area contributed by atoms with Crippen molar-refractivity contribution in [1.29, 1.82) is 0 Å². The molecule has 4 nitrogen and oxygen atoms in total. The van der Waals surface area contributed by atoms with E-state index in [-0.39, 0.29) is 40.2 Å². The van der Waals surface area contributed by atoms with Gasteiger partial charge < -0.3 is 10.2 Å².